The van der Waals surface area contributed by atoms with Gasteiger partial charge in [-0.15, -0.1) is 11.3 Å². The first kappa shape index (κ1) is 19.4. The maximum absolute atomic E-state index is 12.5. The van der Waals surface area contributed by atoms with E-state index < -0.39 is 10.0 Å². The minimum absolute atomic E-state index is 0.0661. The molecule has 2 rings (SSSR count). The van der Waals surface area contributed by atoms with E-state index in [-0.39, 0.29) is 17.7 Å². The van der Waals surface area contributed by atoms with Gasteiger partial charge in [-0.2, -0.15) is 4.31 Å². The number of nitrogens with zero attached hydrogens (tertiary/aromatic N) is 2. The molecule has 1 atom stereocenters. The van der Waals surface area contributed by atoms with Gasteiger partial charge in [-0.25, -0.2) is 8.42 Å². The van der Waals surface area contributed by atoms with Crippen LogP contribution in [0.3, 0.4) is 0 Å². The van der Waals surface area contributed by atoms with Crippen molar-refractivity contribution < 1.29 is 13.2 Å². The second-order valence-corrected chi connectivity index (χ2v) is 9.67. The predicted octanol–water partition coefficient (Wildman–Crippen LogP) is 1.46. The van der Waals surface area contributed by atoms with Crippen LogP contribution in [0.25, 0.3) is 0 Å². The van der Waals surface area contributed by atoms with E-state index in [1.165, 1.54) is 11.3 Å². The number of nitrogens with one attached hydrogen (secondary N) is 1. The number of rotatable bonds is 7. The Kier molecular flexibility index (Phi) is 6.79. The van der Waals surface area contributed by atoms with Crippen molar-refractivity contribution in [3.8, 4) is 0 Å². The van der Waals surface area contributed by atoms with E-state index in [9.17, 15) is 13.2 Å². The minimum atomic E-state index is -3.37. The summed E-state index contributed by atoms with van der Waals surface area (Å²) in [5.74, 6) is 0.217. The minimum Gasteiger partial charge on any atom is -0.355 e. The van der Waals surface area contributed by atoms with Gasteiger partial charge in [0.2, 0.25) is 5.91 Å². The molecule has 1 aliphatic heterocycles. The lowest BCUT2D eigenvalue weighted by molar-refractivity contribution is -0.126. The van der Waals surface area contributed by atoms with Gasteiger partial charge in [-0.3, -0.25) is 4.79 Å². The number of hydrogen-bond acceptors (Lipinski definition) is 5. The summed E-state index contributed by atoms with van der Waals surface area (Å²) in [4.78, 5) is 14.3. The van der Waals surface area contributed by atoms with Crippen molar-refractivity contribution in [3.63, 3.8) is 0 Å². The molecule has 2 heterocycles. The Balaban J connectivity index is 1.85. The molecule has 1 aliphatic rings. The molecule has 0 aliphatic carbocycles. The van der Waals surface area contributed by atoms with Crippen molar-refractivity contribution >= 4 is 27.3 Å². The molecule has 1 saturated heterocycles. The molecule has 6 nitrogen and oxygen atoms in total. The monoisotopic (exact) mass is 373 g/mol. The summed E-state index contributed by atoms with van der Waals surface area (Å²) in [6.07, 6.45) is 1.46. The van der Waals surface area contributed by atoms with Crippen molar-refractivity contribution in [2.24, 2.45) is 11.8 Å². The van der Waals surface area contributed by atoms with Gasteiger partial charge in [0.1, 0.15) is 4.21 Å². The number of thiophene rings is 1. The summed E-state index contributed by atoms with van der Waals surface area (Å²) in [5, 5.41) is 4.74. The van der Waals surface area contributed by atoms with E-state index in [0.29, 0.717) is 23.8 Å². The summed E-state index contributed by atoms with van der Waals surface area (Å²) >= 11 is 1.25. The fraction of sp³-hybridized carbons (Fsp3) is 0.688. The molecule has 24 heavy (non-hydrogen) atoms. The smallest absolute Gasteiger partial charge is 0.252 e. The van der Waals surface area contributed by atoms with E-state index in [2.05, 4.69) is 5.32 Å². The standard InChI is InChI=1S/C16H27N3O3S2/c1-13(16(20)17-8-11-18(2)3)14-6-9-19(10-7-14)24(21,22)15-5-4-12-23-15/h4-5,12-14H,6-11H2,1-3H3,(H,17,20). The van der Waals surface area contributed by atoms with Crippen LogP contribution < -0.4 is 5.32 Å². The van der Waals surface area contributed by atoms with E-state index in [4.69, 9.17) is 0 Å². The lowest BCUT2D eigenvalue weighted by atomic mass is 9.85. The van der Waals surface area contributed by atoms with Gasteiger partial charge in [0.05, 0.1) is 0 Å². The number of amides is 1. The molecule has 1 aromatic rings. The van der Waals surface area contributed by atoms with Gasteiger partial charge in [-0.05, 0) is 44.3 Å². The average molecular weight is 374 g/mol. The van der Waals surface area contributed by atoms with Crippen LogP contribution in [0.5, 0.6) is 0 Å². The van der Waals surface area contributed by atoms with Crippen LogP contribution in [0, 0.1) is 11.8 Å². The lowest BCUT2D eigenvalue weighted by Crippen LogP contribution is -2.43. The Morgan fingerprint density at radius 3 is 2.62 bits per heavy atom. The molecule has 0 radical (unpaired) electrons. The number of sulfonamides is 1. The molecule has 0 aromatic carbocycles. The maximum atomic E-state index is 12.5. The number of likely N-dealkylation sites (N-methyl/N-ethyl adjacent to an activating group) is 1. The molecule has 1 N–H and O–H groups in total. The number of carbonyl (C=O) groups excluding carboxylic acids is 1. The number of hydrogen-bond donors (Lipinski definition) is 1. The van der Waals surface area contributed by atoms with Crippen LogP contribution in [-0.2, 0) is 14.8 Å². The molecule has 1 fully saturated rings. The van der Waals surface area contributed by atoms with Crippen molar-refractivity contribution in [2.75, 3.05) is 40.3 Å². The van der Waals surface area contributed by atoms with E-state index in [0.717, 1.165) is 19.4 Å². The second-order valence-electron chi connectivity index (χ2n) is 6.56. The zero-order chi connectivity index (χ0) is 17.7. The van der Waals surface area contributed by atoms with Gasteiger partial charge >= 0.3 is 0 Å². The third kappa shape index (κ3) is 4.78. The van der Waals surface area contributed by atoms with Crippen LogP contribution in [-0.4, -0.2) is 63.8 Å². The van der Waals surface area contributed by atoms with E-state index in [1.807, 2.05) is 25.9 Å². The van der Waals surface area contributed by atoms with E-state index >= 15 is 0 Å². The largest absolute Gasteiger partial charge is 0.355 e. The van der Waals surface area contributed by atoms with Crippen LogP contribution in [0.4, 0.5) is 0 Å². The Bertz CT molecular complexity index is 621. The van der Waals surface area contributed by atoms with Gasteiger partial charge < -0.3 is 10.2 Å². The Morgan fingerprint density at radius 2 is 2.08 bits per heavy atom. The Morgan fingerprint density at radius 1 is 1.42 bits per heavy atom. The number of carbonyl (C=O) groups is 1. The van der Waals surface area contributed by atoms with Gasteiger partial charge in [0, 0.05) is 32.1 Å². The highest BCUT2D eigenvalue weighted by atomic mass is 32.2. The Labute approximate surface area is 148 Å². The normalized spacial score (nSPS) is 18.7. The fourth-order valence-corrected chi connectivity index (χ4v) is 5.55. The predicted molar refractivity (Wildman–Crippen MR) is 96.5 cm³/mol. The summed E-state index contributed by atoms with van der Waals surface area (Å²) in [7, 11) is 0.577. The SMILES string of the molecule is CC(C(=O)NCCN(C)C)C1CCN(S(=O)(=O)c2cccs2)CC1. The van der Waals surface area contributed by atoms with Crippen molar-refractivity contribution in [1.82, 2.24) is 14.5 Å². The molecule has 0 saturated carbocycles. The summed E-state index contributed by atoms with van der Waals surface area (Å²) in [5.41, 5.74) is 0. The van der Waals surface area contributed by atoms with Crippen molar-refractivity contribution in [2.45, 2.75) is 24.0 Å². The first-order valence-electron chi connectivity index (χ1n) is 8.28. The third-order valence-electron chi connectivity index (χ3n) is 4.57. The molecule has 136 valence electrons. The van der Waals surface area contributed by atoms with E-state index in [1.54, 1.807) is 21.8 Å². The molecular formula is C16H27N3O3S2. The highest BCUT2D eigenvalue weighted by Crippen LogP contribution is 2.29. The van der Waals surface area contributed by atoms with Crippen molar-refractivity contribution in [3.05, 3.63) is 17.5 Å². The van der Waals surface area contributed by atoms with Gasteiger partial charge in [0.25, 0.3) is 10.0 Å². The zero-order valence-electron chi connectivity index (χ0n) is 14.6. The molecule has 0 bridgehead atoms. The van der Waals surface area contributed by atoms with Crippen LogP contribution in [0.15, 0.2) is 21.7 Å². The average Bonchev–Trinajstić information content (AvgIpc) is 3.09. The Hall–Kier alpha value is -0.960. The summed E-state index contributed by atoms with van der Waals surface area (Å²) in [6.45, 7) is 4.37. The lowest BCUT2D eigenvalue weighted by Gasteiger charge is -2.33. The quantitative estimate of drug-likeness (QED) is 0.786. The van der Waals surface area contributed by atoms with Gasteiger partial charge in [0.15, 0.2) is 0 Å². The zero-order valence-corrected chi connectivity index (χ0v) is 16.2. The van der Waals surface area contributed by atoms with Crippen molar-refractivity contribution in [1.29, 1.82) is 0 Å². The molecule has 0 spiro atoms. The van der Waals surface area contributed by atoms with Crippen LogP contribution in [0.1, 0.15) is 19.8 Å². The third-order valence-corrected chi connectivity index (χ3v) is 7.84. The molecule has 1 amide bonds. The maximum Gasteiger partial charge on any atom is 0.252 e. The van der Waals surface area contributed by atoms with Gasteiger partial charge in [-0.1, -0.05) is 13.0 Å². The topological polar surface area (TPSA) is 69.7 Å². The number of piperidine rings is 1. The second kappa shape index (κ2) is 8.42. The fourth-order valence-electron chi connectivity index (χ4n) is 2.93. The molecule has 1 unspecified atom stereocenters. The van der Waals surface area contributed by atoms with Crippen LogP contribution in [0.2, 0.25) is 0 Å². The summed E-state index contributed by atoms with van der Waals surface area (Å²) in [6, 6.07) is 3.40. The molecule has 1 aromatic heterocycles. The highest BCUT2D eigenvalue weighted by molar-refractivity contribution is 7.91. The molecule has 8 heteroatoms. The molecular weight excluding hydrogens is 346 g/mol. The first-order valence-corrected chi connectivity index (χ1v) is 10.6. The first-order chi connectivity index (χ1) is 11.3. The van der Waals surface area contributed by atoms with Crippen LogP contribution >= 0.6 is 11.3 Å². The highest BCUT2D eigenvalue weighted by Gasteiger charge is 2.33. The summed E-state index contributed by atoms with van der Waals surface area (Å²) < 4.78 is 27.0.